The van der Waals surface area contributed by atoms with E-state index in [-0.39, 0.29) is 18.0 Å². The van der Waals surface area contributed by atoms with Gasteiger partial charge in [0.2, 0.25) is 10.0 Å². The van der Waals surface area contributed by atoms with Gasteiger partial charge in [0.05, 0.1) is 11.7 Å². The van der Waals surface area contributed by atoms with E-state index in [1.165, 1.54) is 11.4 Å². The summed E-state index contributed by atoms with van der Waals surface area (Å²) in [5.41, 5.74) is 6.81. The number of rotatable bonds is 4. The van der Waals surface area contributed by atoms with Crippen molar-refractivity contribution in [1.82, 2.24) is 14.5 Å². The zero-order valence-corrected chi connectivity index (χ0v) is 11.2. The lowest BCUT2D eigenvalue weighted by Crippen LogP contribution is -2.32. The molecule has 98 valence electrons. The summed E-state index contributed by atoms with van der Waals surface area (Å²) in [5.74, 6) is 0. The van der Waals surface area contributed by atoms with E-state index in [0.717, 1.165) is 10.9 Å². The monoisotopic (exact) mass is 268 g/mol. The van der Waals surface area contributed by atoms with Gasteiger partial charge in [-0.3, -0.25) is 5.10 Å². The average Bonchev–Trinajstić information content (AvgIpc) is 2.75. The first-order valence-corrected chi connectivity index (χ1v) is 7.01. The van der Waals surface area contributed by atoms with E-state index in [2.05, 4.69) is 10.2 Å². The van der Waals surface area contributed by atoms with Crippen molar-refractivity contribution < 1.29 is 8.42 Å². The molecule has 3 N–H and O–H groups in total. The number of nitrogens with zero attached hydrogens (tertiary/aromatic N) is 2. The van der Waals surface area contributed by atoms with Crippen LogP contribution in [-0.4, -0.2) is 43.1 Å². The van der Waals surface area contributed by atoms with Crippen molar-refractivity contribution >= 4 is 20.9 Å². The normalized spacial score (nSPS) is 12.4. The zero-order chi connectivity index (χ0) is 13.3. The van der Waals surface area contributed by atoms with E-state index in [1.807, 2.05) is 13.0 Å². The predicted molar refractivity (Wildman–Crippen MR) is 69.7 cm³/mol. The van der Waals surface area contributed by atoms with Gasteiger partial charge in [0.1, 0.15) is 4.90 Å². The summed E-state index contributed by atoms with van der Waals surface area (Å²) in [7, 11) is -2.02. The number of nitrogens with one attached hydrogen (secondary N) is 1. The van der Waals surface area contributed by atoms with Gasteiger partial charge in [-0.1, -0.05) is 0 Å². The van der Waals surface area contributed by atoms with E-state index < -0.39 is 10.0 Å². The van der Waals surface area contributed by atoms with Crippen molar-refractivity contribution in [2.24, 2.45) is 5.73 Å². The topological polar surface area (TPSA) is 92.1 Å². The first kappa shape index (κ1) is 13.0. The van der Waals surface area contributed by atoms with Crippen molar-refractivity contribution in [3.8, 4) is 0 Å². The lowest BCUT2D eigenvalue weighted by Gasteiger charge is -2.16. The Hall–Kier alpha value is -1.44. The standard InChI is InChI=1S/C11H16N4O2S/c1-8-5-9-7-13-14-11(9)10(6-8)18(16,17)15(2)4-3-12/h5-7H,3-4,12H2,1-2H3,(H,13,14). The molecule has 1 aromatic carbocycles. The molecule has 0 atom stereocenters. The van der Waals surface area contributed by atoms with Gasteiger partial charge in [-0.15, -0.1) is 0 Å². The van der Waals surface area contributed by atoms with E-state index in [0.29, 0.717) is 5.52 Å². The van der Waals surface area contributed by atoms with Gasteiger partial charge in [-0.2, -0.15) is 9.40 Å². The van der Waals surface area contributed by atoms with Crippen molar-refractivity contribution in [3.63, 3.8) is 0 Å². The van der Waals surface area contributed by atoms with E-state index in [9.17, 15) is 8.42 Å². The van der Waals surface area contributed by atoms with Gasteiger partial charge in [0, 0.05) is 25.5 Å². The van der Waals surface area contributed by atoms with Crippen LogP contribution in [0.4, 0.5) is 0 Å². The molecule has 0 amide bonds. The molecule has 1 heterocycles. The number of H-pyrrole nitrogens is 1. The molecule has 6 nitrogen and oxygen atoms in total. The number of hydrogen-bond donors (Lipinski definition) is 2. The molecular formula is C11H16N4O2S. The predicted octanol–water partition coefficient (Wildman–Crippen LogP) is 0.451. The highest BCUT2D eigenvalue weighted by atomic mass is 32.2. The maximum atomic E-state index is 12.4. The van der Waals surface area contributed by atoms with Crippen LogP contribution >= 0.6 is 0 Å². The molecular weight excluding hydrogens is 252 g/mol. The quantitative estimate of drug-likeness (QED) is 0.842. The molecule has 0 saturated heterocycles. The second kappa shape index (κ2) is 4.68. The first-order valence-electron chi connectivity index (χ1n) is 5.57. The van der Waals surface area contributed by atoms with Crippen LogP contribution in [0.15, 0.2) is 23.2 Å². The van der Waals surface area contributed by atoms with Crippen LogP contribution in [0.25, 0.3) is 10.9 Å². The smallest absolute Gasteiger partial charge is 0.245 e. The van der Waals surface area contributed by atoms with E-state index in [4.69, 9.17) is 5.73 Å². The molecule has 0 spiro atoms. The van der Waals surface area contributed by atoms with Crippen molar-refractivity contribution in [2.45, 2.75) is 11.8 Å². The lowest BCUT2D eigenvalue weighted by atomic mass is 10.2. The second-order valence-electron chi connectivity index (χ2n) is 4.21. The molecule has 7 heteroatoms. The van der Waals surface area contributed by atoms with Crippen LogP contribution in [0.3, 0.4) is 0 Å². The Balaban J connectivity index is 2.63. The van der Waals surface area contributed by atoms with Crippen LogP contribution in [-0.2, 0) is 10.0 Å². The van der Waals surface area contributed by atoms with Crippen LogP contribution in [0, 0.1) is 6.92 Å². The highest BCUT2D eigenvalue weighted by Gasteiger charge is 2.23. The van der Waals surface area contributed by atoms with Gasteiger partial charge in [0.15, 0.2) is 0 Å². The van der Waals surface area contributed by atoms with Crippen LogP contribution < -0.4 is 5.73 Å². The van der Waals surface area contributed by atoms with Crippen molar-refractivity contribution in [2.75, 3.05) is 20.1 Å². The Morgan fingerprint density at radius 2 is 2.17 bits per heavy atom. The molecule has 0 aliphatic rings. The van der Waals surface area contributed by atoms with Crippen LogP contribution in [0.1, 0.15) is 5.56 Å². The molecule has 0 saturated carbocycles. The fourth-order valence-electron chi connectivity index (χ4n) is 1.84. The van der Waals surface area contributed by atoms with Crippen molar-refractivity contribution in [1.29, 1.82) is 0 Å². The van der Waals surface area contributed by atoms with Crippen LogP contribution in [0.5, 0.6) is 0 Å². The summed E-state index contributed by atoms with van der Waals surface area (Å²) in [6, 6.07) is 3.53. The minimum atomic E-state index is -3.54. The number of aryl methyl sites for hydroxylation is 1. The number of sulfonamides is 1. The summed E-state index contributed by atoms with van der Waals surface area (Å²) >= 11 is 0. The number of benzene rings is 1. The highest BCUT2D eigenvalue weighted by Crippen LogP contribution is 2.24. The third-order valence-corrected chi connectivity index (χ3v) is 4.67. The number of hydrogen-bond acceptors (Lipinski definition) is 4. The first-order chi connectivity index (χ1) is 8.46. The summed E-state index contributed by atoms with van der Waals surface area (Å²) in [4.78, 5) is 0.242. The third-order valence-electron chi connectivity index (χ3n) is 2.79. The number of fused-ring (bicyclic) bond motifs is 1. The summed E-state index contributed by atoms with van der Waals surface area (Å²) in [6.07, 6.45) is 1.62. The zero-order valence-electron chi connectivity index (χ0n) is 10.3. The lowest BCUT2D eigenvalue weighted by molar-refractivity contribution is 0.477. The largest absolute Gasteiger partial charge is 0.329 e. The Labute approximate surface area is 106 Å². The number of aromatic nitrogens is 2. The summed E-state index contributed by atoms with van der Waals surface area (Å²) < 4.78 is 26.1. The minimum Gasteiger partial charge on any atom is -0.329 e. The second-order valence-corrected chi connectivity index (χ2v) is 6.23. The minimum absolute atomic E-state index is 0.242. The molecule has 0 aliphatic heterocycles. The van der Waals surface area contributed by atoms with Crippen LogP contribution in [0.2, 0.25) is 0 Å². The number of nitrogens with two attached hydrogens (primary N) is 1. The van der Waals surface area contributed by atoms with Gasteiger partial charge in [0.25, 0.3) is 0 Å². The SMILES string of the molecule is Cc1cc(S(=O)(=O)N(C)CCN)c2[nH]ncc2c1. The van der Waals surface area contributed by atoms with E-state index >= 15 is 0 Å². The molecule has 0 unspecified atom stereocenters. The fourth-order valence-corrected chi connectivity index (χ4v) is 3.28. The van der Waals surface area contributed by atoms with E-state index in [1.54, 1.807) is 12.3 Å². The maximum Gasteiger partial charge on any atom is 0.245 e. The molecule has 2 aromatic rings. The Kier molecular flexibility index (Phi) is 3.38. The highest BCUT2D eigenvalue weighted by molar-refractivity contribution is 7.89. The molecule has 1 aromatic heterocycles. The Bertz CT molecular complexity index is 663. The molecule has 0 fully saturated rings. The number of aromatic amines is 1. The average molecular weight is 268 g/mol. The molecule has 0 aliphatic carbocycles. The number of likely N-dealkylation sites (N-methyl/N-ethyl adjacent to an activating group) is 1. The fraction of sp³-hybridized carbons (Fsp3) is 0.364. The molecule has 2 rings (SSSR count). The molecule has 0 bridgehead atoms. The molecule has 18 heavy (non-hydrogen) atoms. The Morgan fingerprint density at radius 1 is 1.44 bits per heavy atom. The van der Waals surface area contributed by atoms with Gasteiger partial charge in [-0.25, -0.2) is 8.42 Å². The Morgan fingerprint density at radius 3 is 2.83 bits per heavy atom. The third kappa shape index (κ3) is 2.12. The van der Waals surface area contributed by atoms with Crippen molar-refractivity contribution in [3.05, 3.63) is 23.9 Å². The van der Waals surface area contributed by atoms with Gasteiger partial charge in [-0.05, 0) is 24.6 Å². The van der Waals surface area contributed by atoms with Gasteiger partial charge < -0.3 is 5.73 Å². The molecule has 0 radical (unpaired) electrons. The maximum absolute atomic E-state index is 12.4. The summed E-state index contributed by atoms with van der Waals surface area (Å²) in [6.45, 7) is 2.42. The summed E-state index contributed by atoms with van der Waals surface area (Å²) in [5, 5.41) is 7.41. The van der Waals surface area contributed by atoms with Gasteiger partial charge >= 0.3 is 0 Å².